The summed E-state index contributed by atoms with van der Waals surface area (Å²) in [6, 6.07) is 3.88. The van der Waals surface area contributed by atoms with Crippen LogP contribution in [0.15, 0.2) is 27.8 Å². The van der Waals surface area contributed by atoms with Crippen molar-refractivity contribution in [3.05, 3.63) is 22.8 Å². The van der Waals surface area contributed by atoms with Crippen molar-refractivity contribution >= 4 is 27.7 Å². The van der Waals surface area contributed by atoms with E-state index < -0.39 is 0 Å². The van der Waals surface area contributed by atoms with Gasteiger partial charge in [-0.3, -0.25) is 0 Å². The maximum atomic E-state index is 9.68. The lowest BCUT2D eigenvalue weighted by Gasteiger charge is -2.13. The standard InChI is InChI=1S/C10H12BrNOS/c11-7-3-2-6-12-10(7)14-9-5-1-4-8(9)13/h2-3,6,8-9,13H,1,4-5H2/t8-,9-/m0/s1. The first-order valence-electron chi connectivity index (χ1n) is 4.72. The third kappa shape index (κ3) is 2.30. The molecule has 1 aliphatic rings. The number of hydrogen-bond donors (Lipinski definition) is 1. The van der Waals surface area contributed by atoms with Crippen LogP contribution in [0.2, 0.25) is 0 Å². The van der Waals surface area contributed by atoms with Crippen LogP contribution in [0.1, 0.15) is 19.3 Å². The van der Waals surface area contributed by atoms with Gasteiger partial charge in [0, 0.05) is 15.9 Å². The van der Waals surface area contributed by atoms with Crippen molar-refractivity contribution in [1.29, 1.82) is 0 Å². The van der Waals surface area contributed by atoms with Crippen LogP contribution in [0.3, 0.4) is 0 Å². The number of aliphatic hydroxyl groups excluding tert-OH is 1. The third-order valence-corrected chi connectivity index (χ3v) is 4.71. The molecule has 1 aromatic heterocycles. The van der Waals surface area contributed by atoms with Gasteiger partial charge in [-0.25, -0.2) is 4.98 Å². The third-order valence-electron chi connectivity index (χ3n) is 2.41. The lowest BCUT2D eigenvalue weighted by atomic mass is 10.3. The van der Waals surface area contributed by atoms with E-state index in [9.17, 15) is 5.11 Å². The zero-order valence-corrected chi connectivity index (χ0v) is 10.1. The normalized spacial score (nSPS) is 26.7. The van der Waals surface area contributed by atoms with E-state index in [-0.39, 0.29) is 6.10 Å². The largest absolute Gasteiger partial charge is 0.392 e. The molecule has 1 aromatic rings. The zero-order valence-electron chi connectivity index (χ0n) is 7.69. The van der Waals surface area contributed by atoms with E-state index in [1.54, 1.807) is 18.0 Å². The fourth-order valence-electron chi connectivity index (χ4n) is 1.65. The Hall–Kier alpha value is -0.0600. The predicted molar refractivity (Wildman–Crippen MR) is 61.4 cm³/mol. The van der Waals surface area contributed by atoms with Crippen molar-refractivity contribution < 1.29 is 5.11 Å². The summed E-state index contributed by atoms with van der Waals surface area (Å²) < 4.78 is 1.02. The Bertz CT molecular complexity index is 321. The maximum absolute atomic E-state index is 9.68. The van der Waals surface area contributed by atoms with Gasteiger partial charge >= 0.3 is 0 Å². The SMILES string of the molecule is O[C@H]1CCC[C@@H]1Sc1ncccc1Br. The van der Waals surface area contributed by atoms with Crippen LogP contribution in [0, 0.1) is 0 Å². The van der Waals surface area contributed by atoms with Crippen LogP contribution in [0.5, 0.6) is 0 Å². The van der Waals surface area contributed by atoms with Crippen LogP contribution >= 0.6 is 27.7 Å². The molecule has 76 valence electrons. The number of rotatable bonds is 2. The Morgan fingerprint density at radius 3 is 3.00 bits per heavy atom. The summed E-state index contributed by atoms with van der Waals surface area (Å²) in [7, 11) is 0. The second-order valence-corrected chi connectivity index (χ2v) is 5.53. The smallest absolute Gasteiger partial charge is 0.111 e. The number of thioether (sulfide) groups is 1. The van der Waals surface area contributed by atoms with Crippen molar-refractivity contribution in [2.75, 3.05) is 0 Å². The molecule has 2 rings (SSSR count). The zero-order chi connectivity index (χ0) is 9.97. The minimum absolute atomic E-state index is 0.158. The topological polar surface area (TPSA) is 33.1 Å². The Kier molecular flexibility index (Phi) is 3.47. The molecule has 14 heavy (non-hydrogen) atoms. The Morgan fingerprint density at radius 2 is 2.36 bits per heavy atom. The van der Waals surface area contributed by atoms with E-state index in [0.29, 0.717) is 5.25 Å². The van der Waals surface area contributed by atoms with Crippen LogP contribution < -0.4 is 0 Å². The summed E-state index contributed by atoms with van der Waals surface area (Å²) in [5.41, 5.74) is 0. The van der Waals surface area contributed by atoms with E-state index in [4.69, 9.17) is 0 Å². The van der Waals surface area contributed by atoms with Crippen LogP contribution in [-0.2, 0) is 0 Å². The fourth-order valence-corrected chi connectivity index (χ4v) is 3.35. The van der Waals surface area contributed by atoms with Gasteiger partial charge in [0.1, 0.15) is 5.03 Å². The number of hydrogen-bond acceptors (Lipinski definition) is 3. The monoisotopic (exact) mass is 273 g/mol. The average molecular weight is 274 g/mol. The molecule has 4 heteroatoms. The summed E-state index contributed by atoms with van der Waals surface area (Å²) in [5, 5.41) is 11.0. The Morgan fingerprint density at radius 1 is 1.50 bits per heavy atom. The molecule has 2 atom stereocenters. The molecule has 0 saturated heterocycles. The van der Waals surface area contributed by atoms with Gasteiger partial charge in [0.25, 0.3) is 0 Å². The highest BCUT2D eigenvalue weighted by Crippen LogP contribution is 2.36. The van der Waals surface area contributed by atoms with Crippen LogP contribution in [-0.4, -0.2) is 21.4 Å². The van der Waals surface area contributed by atoms with Crippen molar-refractivity contribution in [2.24, 2.45) is 0 Å². The number of aromatic nitrogens is 1. The highest BCUT2D eigenvalue weighted by molar-refractivity contribution is 9.10. The Balaban J connectivity index is 2.07. The number of nitrogens with zero attached hydrogens (tertiary/aromatic N) is 1. The summed E-state index contributed by atoms with van der Waals surface area (Å²) >= 11 is 5.14. The molecule has 1 heterocycles. The van der Waals surface area contributed by atoms with E-state index in [0.717, 1.165) is 28.8 Å². The molecule has 0 bridgehead atoms. The first-order valence-corrected chi connectivity index (χ1v) is 6.40. The predicted octanol–water partition coefficient (Wildman–Crippen LogP) is 2.85. The highest BCUT2D eigenvalue weighted by Gasteiger charge is 2.26. The summed E-state index contributed by atoms with van der Waals surface area (Å²) in [5.74, 6) is 0. The highest BCUT2D eigenvalue weighted by atomic mass is 79.9. The fraction of sp³-hybridized carbons (Fsp3) is 0.500. The molecule has 2 nitrogen and oxygen atoms in total. The minimum atomic E-state index is -0.158. The molecule has 0 aliphatic heterocycles. The molecule has 1 aliphatic carbocycles. The number of pyridine rings is 1. The van der Waals surface area contributed by atoms with E-state index in [1.807, 2.05) is 12.1 Å². The molecule has 0 spiro atoms. The maximum Gasteiger partial charge on any atom is 0.111 e. The molecule has 1 N–H and O–H groups in total. The summed E-state index contributed by atoms with van der Waals surface area (Å²) in [6.45, 7) is 0. The van der Waals surface area contributed by atoms with Gasteiger partial charge in [-0.15, -0.1) is 0 Å². The van der Waals surface area contributed by atoms with Crippen molar-refractivity contribution in [2.45, 2.75) is 35.6 Å². The van der Waals surface area contributed by atoms with Gasteiger partial charge < -0.3 is 5.11 Å². The van der Waals surface area contributed by atoms with Gasteiger partial charge in [-0.05, 0) is 47.3 Å². The molecule has 0 radical (unpaired) electrons. The quantitative estimate of drug-likeness (QED) is 0.900. The van der Waals surface area contributed by atoms with Crippen LogP contribution in [0.4, 0.5) is 0 Å². The van der Waals surface area contributed by atoms with E-state index in [1.165, 1.54) is 0 Å². The van der Waals surface area contributed by atoms with Gasteiger partial charge in [0.15, 0.2) is 0 Å². The molecule has 0 aromatic carbocycles. The van der Waals surface area contributed by atoms with Crippen LogP contribution in [0.25, 0.3) is 0 Å². The lowest BCUT2D eigenvalue weighted by molar-refractivity contribution is 0.188. The molecule has 1 saturated carbocycles. The first kappa shape index (κ1) is 10.5. The molecular formula is C10H12BrNOS. The minimum Gasteiger partial charge on any atom is -0.392 e. The Labute approximate surface area is 96.3 Å². The van der Waals surface area contributed by atoms with Gasteiger partial charge in [0.05, 0.1) is 6.10 Å². The van der Waals surface area contributed by atoms with Crippen molar-refractivity contribution in [3.8, 4) is 0 Å². The number of halogens is 1. The number of aliphatic hydroxyl groups is 1. The van der Waals surface area contributed by atoms with Gasteiger partial charge in [-0.2, -0.15) is 0 Å². The van der Waals surface area contributed by atoms with Crippen molar-refractivity contribution in [1.82, 2.24) is 4.98 Å². The van der Waals surface area contributed by atoms with E-state index in [2.05, 4.69) is 20.9 Å². The summed E-state index contributed by atoms with van der Waals surface area (Å²) in [4.78, 5) is 4.28. The summed E-state index contributed by atoms with van der Waals surface area (Å²) in [6.07, 6.45) is 4.78. The molecule has 1 fully saturated rings. The molecule has 0 amide bonds. The van der Waals surface area contributed by atoms with E-state index >= 15 is 0 Å². The second-order valence-electron chi connectivity index (χ2n) is 3.44. The average Bonchev–Trinajstić information content (AvgIpc) is 2.56. The lowest BCUT2D eigenvalue weighted by Crippen LogP contribution is -2.15. The van der Waals surface area contributed by atoms with Gasteiger partial charge in [-0.1, -0.05) is 11.8 Å². The van der Waals surface area contributed by atoms with Crippen molar-refractivity contribution in [3.63, 3.8) is 0 Å². The van der Waals surface area contributed by atoms with Gasteiger partial charge in [0.2, 0.25) is 0 Å². The second kappa shape index (κ2) is 4.64. The molecule has 0 unspecified atom stereocenters. The molecular weight excluding hydrogens is 262 g/mol. The first-order chi connectivity index (χ1) is 6.77.